The van der Waals surface area contributed by atoms with Crippen molar-refractivity contribution in [2.75, 3.05) is 0 Å². The first-order valence-corrected chi connectivity index (χ1v) is 3.26. The molecule has 0 heterocycles. The van der Waals surface area contributed by atoms with Crippen LogP contribution in [0.25, 0.3) is 0 Å². The van der Waals surface area contributed by atoms with Crippen molar-refractivity contribution in [2.24, 2.45) is 0 Å². The summed E-state index contributed by atoms with van der Waals surface area (Å²) in [4.78, 5) is 0. The van der Waals surface area contributed by atoms with Crippen molar-refractivity contribution in [3.63, 3.8) is 0 Å². The van der Waals surface area contributed by atoms with E-state index in [2.05, 4.69) is 0 Å². The van der Waals surface area contributed by atoms with Crippen molar-refractivity contribution in [1.82, 2.24) is 0 Å². The number of halogens is 1. The molecule has 0 aromatic carbocycles. The summed E-state index contributed by atoms with van der Waals surface area (Å²) in [5, 5.41) is 21.5. The van der Waals surface area contributed by atoms with E-state index < -0.39 is 22.1 Å². The van der Waals surface area contributed by atoms with Crippen LogP contribution >= 0.6 is 0 Å². The van der Waals surface area contributed by atoms with Gasteiger partial charge in [-0.05, 0) is 4.20 Å². The van der Waals surface area contributed by atoms with Gasteiger partial charge in [0.15, 0.2) is 0 Å². The lowest BCUT2D eigenvalue weighted by molar-refractivity contribution is -1.63. The van der Waals surface area contributed by atoms with Gasteiger partial charge in [-0.25, -0.2) is 0 Å². The molecule has 0 aliphatic carbocycles. The Hall–Kier alpha value is 0.305. The van der Waals surface area contributed by atoms with Gasteiger partial charge in [0, 0.05) is 0 Å². The van der Waals surface area contributed by atoms with Crippen LogP contribution in [0.1, 0.15) is 0 Å². The van der Waals surface area contributed by atoms with Crippen molar-refractivity contribution in [2.45, 2.75) is 0 Å². The topological polar surface area (TPSA) is 127 Å². The summed E-state index contributed by atoms with van der Waals surface area (Å²) in [5.41, 5.74) is 0. The zero-order valence-electron chi connectivity index (χ0n) is 3.56. The maximum Gasteiger partial charge on any atom is 0.631 e. The minimum atomic E-state index is -3.40. The van der Waals surface area contributed by atoms with E-state index in [-0.39, 0.29) is 0 Å². The van der Waals surface area contributed by atoms with Gasteiger partial charge in [0.1, 0.15) is 0 Å². The highest BCUT2D eigenvalue weighted by Gasteiger charge is 1.92. The molecule has 8 heteroatoms. The average molecular weight is 191 g/mol. The molecular formula is H4BBrO6. The number of hydrogen-bond donors (Lipinski definition) is 4. The minimum Gasteiger partial charge on any atom is -0.402 e. The monoisotopic (exact) mass is 190 g/mol. The molecule has 0 aromatic heterocycles. The normalized spacial score (nSPS) is 7.88. The molecule has 0 aliphatic rings. The van der Waals surface area contributed by atoms with Crippen molar-refractivity contribution >= 4 is 7.32 Å². The molecule has 8 heavy (non-hydrogen) atoms. The standard InChI is InChI=1S/BH3O3.BrHO3/c2*2-1(3)4/h2-4H;2H. The summed E-state index contributed by atoms with van der Waals surface area (Å²) in [7, 11) is -2.17. The smallest absolute Gasteiger partial charge is 0.402 e. The Morgan fingerprint density at radius 2 is 1.12 bits per heavy atom. The Bertz CT molecular complexity index is 24.0. The third-order valence-electron chi connectivity index (χ3n) is 0. The lowest BCUT2D eigenvalue weighted by Crippen LogP contribution is -2.30. The first-order chi connectivity index (χ1) is 3.46. The molecular weight excluding hydrogens is 187 g/mol. The molecule has 0 amide bonds. The predicted molar refractivity (Wildman–Crippen MR) is 14.6 cm³/mol. The van der Waals surface area contributed by atoms with Gasteiger partial charge in [0.05, 0.1) is 0 Å². The van der Waals surface area contributed by atoms with E-state index in [1.807, 2.05) is 0 Å². The summed E-state index contributed by atoms with van der Waals surface area (Å²) in [6.07, 6.45) is 0. The van der Waals surface area contributed by atoms with Crippen LogP contribution in [-0.2, 0) is 0 Å². The van der Waals surface area contributed by atoms with Crippen molar-refractivity contribution in [3.8, 4) is 0 Å². The molecule has 0 rings (SSSR count). The van der Waals surface area contributed by atoms with Crippen LogP contribution in [0.2, 0.25) is 0 Å². The summed E-state index contributed by atoms with van der Waals surface area (Å²) < 4.78 is 24.3. The molecule has 0 aliphatic heterocycles. The van der Waals surface area contributed by atoms with Gasteiger partial charge in [-0.3, -0.25) is 0 Å². The molecule has 0 saturated carbocycles. The van der Waals surface area contributed by atoms with Gasteiger partial charge in [-0.2, -0.15) is 0 Å². The molecule has 0 atom stereocenters. The molecule has 0 unspecified atom stereocenters. The summed E-state index contributed by atoms with van der Waals surface area (Å²) in [5.74, 6) is 0. The van der Waals surface area contributed by atoms with E-state index in [0.717, 1.165) is 0 Å². The summed E-state index contributed by atoms with van der Waals surface area (Å²) in [6.45, 7) is 0. The number of rotatable bonds is 0. The summed E-state index contributed by atoms with van der Waals surface area (Å²) >= 11 is -3.40. The zero-order chi connectivity index (χ0) is 7.15. The largest absolute Gasteiger partial charge is 0.631 e. The lowest BCUT2D eigenvalue weighted by Gasteiger charge is -1.69. The van der Waals surface area contributed by atoms with E-state index >= 15 is 0 Å². The molecule has 0 spiro atoms. The van der Waals surface area contributed by atoms with Crippen LogP contribution in [0.4, 0.5) is 0 Å². The average Bonchev–Trinajstić information content (AvgIpc) is 1.25. The van der Waals surface area contributed by atoms with Gasteiger partial charge < -0.3 is 23.5 Å². The van der Waals surface area contributed by atoms with Crippen LogP contribution < -0.4 is 8.40 Å². The second kappa shape index (κ2) is 7.30. The highest BCUT2D eigenvalue weighted by Crippen LogP contribution is 1.40. The first-order valence-electron chi connectivity index (χ1n) is 1.25. The van der Waals surface area contributed by atoms with E-state index in [1.54, 1.807) is 0 Å². The molecule has 6 nitrogen and oxygen atoms in total. The highest BCUT2D eigenvalue weighted by atomic mass is 80.0. The van der Waals surface area contributed by atoms with E-state index in [0.29, 0.717) is 0 Å². The maximum absolute atomic E-state index is 8.63. The van der Waals surface area contributed by atoms with Crippen LogP contribution in [0, 0.1) is 14.8 Å². The lowest BCUT2D eigenvalue weighted by atomic mass is 10.3. The van der Waals surface area contributed by atoms with Crippen molar-refractivity contribution in [3.05, 3.63) is 0 Å². The van der Waals surface area contributed by atoms with Crippen molar-refractivity contribution < 1.29 is 42.5 Å². The molecule has 0 saturated heterocycles. The van der Waals surface area contributed by atoms with Gasteiger partial charge in [0.2, 0.25) is 0 Å². The van der Waals surface area contributed by atoms with Crippen LogP contribution in [0.3, 0.4) is 0 Å². The van der Waals surface area contributed by atoms with Crippen LogP contribution in [0.5, 0.6) is 0 Å². The third-order valence-corrected chi connectivity index (χ3v) is 0. The number of hydrogen-bond acceptors (Lipinski definition) is 6. The Morgan fingerprint density at radius 1 is 1.12 bits per heavy atom. The van der Waals surface area contributed by atoms with Gasteiger partial charge in [0.25, 0.3) is 0 Å². The molecule has 0 radical (unpaired) electrons. The zero-order valence-corrected chi connectivity index (χ0v) is 5.15. The van der Waals surface area contributed by atoms with Crippen LogP contribution in [-0.4, -0.2) is 26.6 Å². The highest BCUT2D eigenvalue weighted by molar-refractivity contribution is 6.30. The van der Waals surface area contributed by atoms with Gasteiger partial charge in [-0.1, -0.05) is 0 Å². The fourth-order valence-corrected chi connectivity index (χ4v) is 0. The molecule has 0 fully saturated rings. The Labute approximate surface area is 50.6 Å². The molecule has 4 N–H and O–H groups in total. The first kappa shape index (κ1) is 11.1. The molecule has 50 valence electrons. The Morgan fingerprint density at radius 3 is 1.12 bits per heavy atom. The summed E-state index contributed by atoms with van der Waals surface area (Å²) in [6, 6.07) is 0. The second-order valence-electron chi connectivity index (χ2n) is 0.547. The molecule has 0 aromatic rings. The quantitative estimate of drug-likeness (QED) is 0.284. The van der Waals surface area contributed by atoms with E-state index in [4.69, 9.17) is 27.7 Å². The second-order valence-corrected chi connectivity index (χ2v) is 1.39. The predicted octanol–water partition coefficient (Wildman–Crippen LogP) is -4.99. The maximum atomic E-state index is 8.63. The van der Waals surface area contributed by atoms with Gasteiger partial charge >= 0.3 is 22.1 Å². The minimum absolute atomic E-state index is 2.17. The molecule has 0 bridgehead atoms. The fourth-order valence-electron chi connectivity index (χ4n) is 0. The van der Waals surface area contributed by atoms with Crippen molar-refractivity contribution in [1.29, 1.82) is 0 Å². The SMILES string of the molecule is OB(O)O.[O-][Br+2]([O-])O. The Balaban J connectivity index is 0. The van der Waals surface area contributed by atoms with Gasteiger partial charge in [-0.15, -0.1) is 0 Å². The third kappa shape index (κ3) is 1910. The Kier molecular flexibility index (Phi) is 10.2. The van der Waals surface area contributed by atoms with E-state index in [1.165, 1.54) is 0 Å². The van der Waals surface area contributed by atoms with E-state index in [9.17, 15) is 0 Å². The van der Waals surface area contributed by atoms with Crippen LogP contribution in [0.15, 0.2) is 0 Å². The fraction of sp³-hybridized carbons (Fsp3) is 0.